The Hall–Kier alpha value is -3.98. The number of fused-ring (bicyclic) bond motifs is 1. The minimum Gasteiger partial charge on any atom is -0.388 e. The molecule has 0 saturated carbocycles. The lowest BCUT2D eigenvalue weighted by Crippen LogP contribution is -2.44. The third-order valence-corrected chi connectivity index (χ3v) is 6.56. The highest BCUT2D eigenvalue weighted by Gasteiger charge is 2.18. The third-order valence-electron chi connectivity index (χ3n) is 6.56. The summed E-state index contributed by atoms with van der Waals surface area (Å²) in [5.41, 5.74) is 5.06. The van der Waals surface area contributed by atoms with Crippen LogP contribution in [0.3, 0.4) is 0 Å². The number of nitrogens with one attached hydrogen (secondary N) is 2. The van der Waals surface area contributed by atoms with Gasteiger partial charge >= 0.3 is 0 Å². The van der Waals surface area contributed by atoms with E-state index in [4.69, 9.17) is 4.98 Å². The molecule has 0 aliphatic carbocycles. The molecule has 0 spiro atoms. The van der Waals surface area contributed by atoms with Crippen molar-refractivity contribution in [3.8, 4) is 5.69 Å². The molecule has 4 aromatic rings. The average Bonchev–Trinajstić information content (AvgIpc) is 2.89. The average molecular weight is 485 g/mol. The van der Waals surface area contributed by atoms with Gasteiger partial charge in [0, 0.05) is 56.2 Å². The van der Waals surface area contributed by atoms with E-state index in [1.807, 2.05) is 57.3 Å². The molecule has 2 N–H and O–H groups in total. The molecule has 1 fully saturated rings. The number of hydrogen-bond donors (Lipinski definition) is 2. The molecule has 36 heavy (non-hydrogen) atoms. The molecule has 0 radical (unpaired) electrons. The molecule has 1 aliphatic heterocycles. The van der Waals surface area contributed by atoms with Crippen molar-refractivity contribution in [1.29, 1.82) is 0 Å². The Bertz CT molecular complexity index is 1420. The summed E-state index contributed by atoms with van der Waals surface area (Å²) in [6, 6.07) is 16.0. The third kappa shape index (κ3) is 4.74. The van der Waals surface area contributed by atoms with Gasteiger partial charge in [0.2, 0.25) is 5.95 Å². The minimum absolute atomic E-state index is 0.0303. The lowest BCUT2D eigenvalue weighted by Gasteiger charge is -2.34. The Kier molecular flexibility index (Phi) is 6.56. The highest BCUT2D eigenvalue weighted by Crippen LogP contribution is 2.23. The van der Waals surface area contributed by atoms with E-state index in [1.54, 1.807) is 10.8 Å². The normalized spacial score (nSPS) is 14.4. The van der Waals surface area contributed by atoms with Gasteiger partial charge in [0.05, 0.1) is 11.9 Å². The van der Waals surface area contributed by atoms with Crippen LogP contribution in [0.15, 0.2) is 59.5 Å². The van der Waals surface area contributed by atoms with Crippen molar-refractivity contribution in [2.75, 3.05) is 55.8 Å². The number of benzene rings is 2. The first-order valence-corrected chi connectivity index (χ1v) is 12.3. The molecule has 0 atom stereocenters. The number of hydrogen-bond acceptors (Lipinski definition) is 8. The summed E-state index contributed by atoms with van der Waals surface area (Å²) in [6.07, 6.45) is 1.67. The van der Waals surface area contributed by atoms with Gasteiger partial charge in [-0.25, -0.2) is 9.97 Å². The quantitative estimate of drug-likeness (QED) is 0.427. The van der Waals surface area contributed by atoms with Crippen molar-refractivity contribution in [3.05, 3.63) is 70.8 Å². The van der Waals surface area contributed by atoms with Crippen molar-refractivity contribution in [2.24, 2.45) is 0 Å². The van der Waals surface area contributed by atoms with Gasteiger partial charge in [-0.05, 0) is 49.5 Å². The van der Waals surface area contributed by atoms with Gasteiger partial charge in [-0.1, -0.05) is 19.9 Å². The minimum atomic E-state index is -0.174. The highest BCUT2D eigenvalue weighted by atomic mass is 16.1. The maximum Gasteiger partial charge on any atom is 0.278 e. The molecule has 2 aromatic heterocycles. The van der Waals surface area contributed by atoms with Crippen molar-refractivity contribution < 1.29 is 0 Å². The standard InChI is InChI=1S/C27H32N8O/c1-18(2)24-26(36)35(22-7-5-6-20(16-22)28-3)25-23(31-24)17-29-27(32-25)30-19-8-10-21(11-9-19)34-14-12-33(4)13-15-34/h5-11,16-18,28H,12-15H2,1-4H3,(H,29,30,32). The van der Waals surface area contributed by atoms with Crippen LogP contribution in [-0.2, 0) is 0 Å². The lowest BCUT2D eigenvalue weighted by atomic mass is 10.1. The zero-order chi connectivity index (χ0) is 25.2. The van der Waals surface area contributed by atoms with Gasteiger partial charge in [-0.2, -0.15) is 4.98 Å². The van der Waals surface area contributed by atoms with Crippen LogP contribution in [0.25, 0.3) is 16.9 Å². The second-order valence-corrected chi connectivity index (χ2v) is 9.46. The van der Waals surface area contributed by atoms with Gasteiger partial charge in [-0.15, -0.1) is 0 Å². The number of likely N-dealkylation sites (N-methyl/N-ethyl adjacent to an activating group) is 1. The summed E-state index contributed by atoms with van der Waals surface area (Å²) in [4.78, 5) is 32.1. The van der Waals surface area contributed by atoms with Crippen LogP contribution in [-0.4, -0.2) is 64.7 Å². The first kappa shape index (κ1) is 23.7. The first-order chi connectivity index (χ1) is 17.4. The molecule has 9 heteroatoms. The Labute approximate surface area is 210 Å². The van der Waals surface area contributed by atoms with Crippen LogP contribution in [0.1, 0.15) is 25.5 Å². The first-order valence-electron chi connectivity index (χ1n) is 12.3. The molecule has 1 saturated heterocycles. The molecular formula is C27H32N8O. The Morgan fingerprint density at radius 2 is 1.67 bits per heavy atom. The number of nitrogens with zero attached hydrogens (tertiary/aromatic N) is 6. The second-order valence-electron chi connectivity index (χ2n) is 9.46. The number of aromatic nitrogens is 4. The van der Waals surface area contributed by atoms with Gasteiger partial charge < -0.3 is 20.4 Å². The summed E-state index contributed by atoms with van der Waals surface area (Å²) < 4.78 is 1.63. The van der Waals surface area contributed by atoms with E-state index >= 15 is 0 Å². The predicted molar refractivity (Wildman–Crippen MR) is 146 cm³/mol. The van der Waals surface area contributed by atoms with Gasteiger partial charge in [0.15, 0.2) is 5.65 Å². The maximum absolute atomic E-state index is 13.5. The highest BCUT2D eigenvalue weighted by molar-refractivity contribution is 5.74. The summed E-state index contributed by atoms with van der Waals surface area (Å²) in [6.45, 7) is 8.11. The molecular weight excluding hydrogens is 452 g/mol. The molecule has 0 unspecified atom stereocenters. The SMILES string of the molecule is CNc1cccc(-n2c(=O)c(C(C)C)nc3cnc(Nc4ccc(N5CCN(C)CC5)cc4)nc32)c1. The molecule has 0 bridgehead atoms. The molecule has 9 nitrogen and oxygen atoms in total. The molecule has 5 rings (SSSR count). The topological polar surface area (TPSA) is 91.2 Å². The fourth-order valence-electron chi connectivity index (χ4n) is 4.42. The van der Waals surface area contributed by atoms with Crippen LogP contribution in [0, 0.1) is 0 Å². The van der Waals surface area contributed by atoms with Crippen molar-refractivity contribution in [2.45, 2.75) is 19.8 Å². The number of piperazine rings is 1. The van der Waals surface area contributed by atoms with Crippen LogP contribution >= 0.6 is 0 Å². The smallest absolute Gasteiger partial charge is 0.278 e. The van der Waals surface area contributed by atoms with Crippen molar-refractivity contribution >= 4 is 34.2 Å². The molecule has 2 aromatic carbocycles. The van der Waals surface area contributed by atoms with Crippen LogP contribution in [0.5, 0.6) is 0 Å². The monoisotopic (exact) mass is 484 g/mol. The fraction of sp³-hybridized carbons (Fsp3) is 0.333. The van der Waals surface area contributed by atoms with E-state index in [9.17, 15) is 4.79 Å². The largest absolute Gasteiger partial charge is 0.388 e. The second kappa shape index (κ2) is 9.94. The summed E-state index contributed by atoms with van der Waals surface area (Å²) >= 11 is 0. The molecule has 1 aliphatic rings. The van der Waals surface area contributed by atoms with Crippen molar-refractivity contribution in [1.82, 2.24) is 24.4 Å². The Balaban J connectivity index is 1.50. The van der Waals surface area contributed by atoms with Crippen LogP contribution in [0.4, 0.5) is 23.0 Å². The predicted octanol–water partition coefficient (Wildman–Crippen LogP) is 3.84. The van der Waals surface area contributed by atoms with E-state index in [0.29, 0.717) is 22.8 Å². The van der Waals surface area contributed by atoms with E-state index in [2.05, 4.69) is 49.6 Å². The molecule has 0 amide bonds. The fourth-order valence-corrected chi connectivity index (χ4v) is 4.42. The van der Waals surface area contributed by atoms with Gasteiger partial charge in [0.1, 0.15) is 11.2 Å². The van der Waals surface area contributed by atoms with E-state index in [-0.39, 0.29) is 11.5 Å². The zero-order valence-corrected chi connectivity index (χ0v) is 21.2. The molecule has 3 heterocycles. The number of rotatable bonds is 6. The number of anilines is 4. The lowest BCUT2D eigenvalue weighted by molar-refractivity contribution is 0.313. The van der Waals surface area contributed by atoms with E-state index in [1.165, 1.54) is 5.69 Å². The van der Waals surface area contributed by atoms with Gasteiger partial charge in [0.25, 0.3) is 5.56 Å². The van der Waals surface area contributed by atoms with E-state index < -0.39 is 0 Å². The van der Waals surface area contributed by atoms with Crippen LogP contribution < -0.4 is 21.1 Å². The summed E-state index contributed by atoms with van der Waals surface area (Å²) in [7, 11) is 4.01. The van der Waals surface area contributed by atoms with E-state index in [0.717, 1.165) is 43.2 Å². The maximum atomic E-state index is 13.5. The zero-order valence-electron chi connectivity index (χ0n) is 21.2. The Morgan fingerprint density at radius 3 is 2.36 bits per heavy atom. The Morgan fingerprint density at radius 1 is 0.917 bits per heavy atom. The van der Waals surface area contributed by atoms with Crippen LogP contribution in [0.2, 0.25) is 0 Å². The van der Waals surface area contributed by atoms with Gasteiger partial charge in [-0.3, -0.25) is 9.36 Å². The van der Waals surface area contributed by atoms with Crippen molar-refractivity contribution in [3.63, 3.8) is 0 Å². The molecule has 186 valence electrons. The summed E-state index contributed by atoms with van der Waals surface area (Å²) in [5.74, 6) is 0.379. The summed E-state index contributed by atoms with van der Waals surface area (Å²) in [5, 5.41) is 6.42.